The second-order valence-corrected chi connectivity index (χ2v) is 15.8. The minimum absolute atomic E-state index is 0.258. The van der Waals surface area contributed by atoms with Crippen LogP contribution in [0.1, 0.15) is 47.0 Å². The average Bonchev–Trinajstić information content (AvgIpc) is 3.12. The maximum absolute atomic E-state index is 14.2. The molecule has 2 unspecified atom stereocenters. The van der Waals surface area contributed by atoms with Gasteiger partial charge in [0, 0.05) is 55.3 Å². The monoisotopic (exact) mass is 398 g/mol. The molecule has 0 N–H and O–H groups in total. The first kappa shape index (κ1) is 18.6. The third-order valence-electron chi connectivity index (χ3n) is 7.07. The molecule has 0 aliphatic carbocycles. The summed E-state index contributed by atoms with van der Waals surface area (Å²) in [6.45, 7) is 12.9. The number of fused-ring (bicyclic) bond motifs is 5. The van der Waals surface area contributed by atoms with E-state index in [4.69, 9.17) is 11.8 Å². The first-order chi connectivity index (χ1) is 11.9. The zero-order chi connectivity index (χ0) is 18.0. The summed E-state index contributed by atoms with van der Waals surface area (Å²) in [6, 6.07) is 0. The molecule has 0 spiro atoms. The van der Waals surface area contributed by atoms with Crippen LogP contribution in [0.3, 0.4) is 0 Å². The predicted octanol–water partition coefficient (Wildman–Crippen LogP) is 5.10. The molecule has 3 nitrogen and oxygen atoms in total. The Morgan fingerprint density at radius 3 is 2.40 bits per heavy atom. The maximum atomic E-state index is 14.2. The van der Waals surface area contributed by atoms with Gasteiger partial charge in [-0.3, -0.25) is 9.34 Å². The molecule has 0 aromatic rings. The summed E-state index contributed by atoms with van der Waals surface area (Å²) in [5, 5.41) is 0. The quantitative estimate of drug-likeness (QED) is 0.486. The van der Waals surface area contributed by atoms with Crippen molar-refractivity contribution in [3.63, 3.8) is 0 Å². The summed E-state index contributed by atoms with van der Waals surface area (Å²) in [5.74, 6) is 2.62. The molecule has 2 bridgehead atoms. The molecule has 2 fully saturated rings. The fourth-order valence-electron chi connectivity index (χ4n) is 6.10. The fraction of sp³-hybridized carbons (Fsp3) is 0.789. The van der Waals surface area contributed by atoms with E-state index in [1.807, 2.05) is 0 Å². The Kier molecular flexibility index (Phi) is 4.78. The summed E-state index contributed by atoms with van der Waals surface area (Å²) < 4.78 is 19.2. The number of hydrogen-bond donors (Lipinski definition) is 0. The van der Waals surface area contributed by atoms with Crippen LogP contribution >= 0.6 is 13.5 Å². The van der Waals surface area contributed by atoms with Crippen LogP contribution in [-0.4, -0.2) is 52.5 Å². The molecule has 0 saturated carbocycles. The standard InChI is InChI=1S/C19H32N2OP2S/c1-5-20(6-2)23(22)13-15(4)17-18-14(3)12-16(19(17)23)24(18,25)21-10-8-7-9-11-21/h12-13,16-19H,5-11H2,1-4H3/t16-,17-,18+,19+,23?,24?/m0/s1. The van der Waals surface area contributed by atoms with E-state index in [-0.39, 0.29) is 5.66 Å². The Hall–Kier alpha value is 0.280. The van der Waals surface area contributed by atoms with Gasteiger partial charge in [0.15, 0.2) is 7.29 Å². The first-order valence-corrected chi connectivity index (χ1v) is 14.7. The lowest BCUT2D eigenvalue weighted by Gasteiger charge is -2.40. The summed E-state index contributed by atoms with van der Waals surface area (Å²) >= 11 is 6.56. The molecule has 4 heterocycles. The van der Waals surface area contributed by atoms with Gasteiger partial charge >= 0.3 is 0 Å². The molecular formula is C19H32N2OP2S. The van der Waals surface area contributed by atoms with Gasteiger partial charge in [-0.2, -0.15) is 0 Å². The Morgan fingerprint density at radius 1 is 1.16 bits per heavy atom. The van der Waals surface area contributed by atoms with Gasteiger partial charge in [-0.15, -0.1) is 0 Å². The van der Waals surface area contributed by atoms with Crippen LogP contribution in [0, 0.1) is 5.92 Å². The van der Waals surface area contributed by atoms with Gasteiger partial charge in [0.25, 0.3) is 0 Å². The molecule has 2 saturated heterocycles. The minimum Gasteiger partial charge on any atom is -0.302 e. The lowest BCUT2D eigenvalue weighted by atomic mass is 9.85. The highest BCUT2D eigenvalue weighted by Crippen LogP contribution is 2.83. The SMILES string of the molecule is CCN(CC)P1(=O)C=C(C)[C@@H]2[C@H]1[C@@H]1C=C(C)[C@H]2P1(=S)N1CCCCC1. The van der Waals surface area contributed by atoms with Crippen LogP contribution in [-0.2, 0) is 16.4 Å². The number of hydrogen-bond acceptors (Lipinski definition) is 2. The molecule has 0 radical (unpaired) electrons. The third-order valence-corrected chi connectivity index (χ3v) is 17.3. The summed E-state index contributed by atoms with van der Waals surface area (Å²) in [6.07, 6.45) is 4.69. The lowest BCUT2D eigenvalue weighted by molar-refractivity contribution is 0.366. The van der Waals surface area contributed by atoms with E-state index in [1.165, 1.54) is 43.5 Å². The van der Waals surface area contributed by atoms with Crippen molar-refractivity contribution < 1.29 is 4.57 Å². The molecule has 6 atom stereocenters. The second kappa shape index (κ2) is 6.42. The van der Waals surface area contributed by atoms with Crippen molar-refractivity contribution in [2.45, 2.75) is 63.9 Å². The molecular weight excluding hydrogens is 366 g/mol. The Balaban J connectivity index is 1.80. The van der Waals surface area contributed by atoms with Gasteiger partial charge in [-0.05, 0) is 32.5 Å². The number of nitrogens with zero attached hydrogens (tertiary/aromatic N) is 2. The van der Waals surface area contributed by atoms with Gasteiger partial charge in [0.2, 0.25) is 0 Å². The first-order valence-electron chi connectivity index (χ1n) is 9.97. The lowest BCUT2D eigenvalue weighted by Crippen LogP contribution is -2.33. The van der Waals surface area contributed by atoms with Crippen LogP contribution in [0.2, 0.25) is 0 Å². The Bertz CT molecular complexity index is 721. The van der Waals surface area contributed by atoms with E-state index < -0.39 is 13.5 Å². The smallest absolute Gasteiger partial charge is 0.176 e. The van der Waals surface area contributed by atoms with Gasteiger partial charge < -0.3 is 4.57 Å². The van der Waals surface area contributed by atoms with Gasteiger partial charge in [0.1, 0.15) is 0 Å². The summed E-state index contributed by atoms with van der Waals surface area (Å²) in [7, 11) is -2.48. The largest absolute Gasteiger partial charge is 0.302 e. The van der Waals surface area contributed by atoms with Gasteiger partial charge in [0.05, 0.1) is 0 Å². The predicted molar refractivity (Wildman–Crippen MR) is 113 cm³/mol. The van der Waals surface area contributed by atoms with Crippen molar-refractivity contribution in [1.82, 2.24) is 9.34 Å². The van der Waals surface area contributed by atoms with Crippen molar-refractivity contribution in [3.05, 3.63) is 23.0 Å². The molecule has 4 aliphatic heterocycles. The summed E-state index contributed by atoms with van der Waals surface area (Å²) in [4.78, 5) is 0. The van der Waals surface area contributed by atoms with E-state index in [9.17, 15) is 4.57 Å². The van der Waals surface area contributed by atoms with Crippen LogP contribution in [0.15, 0.2) is 23.0 Å². The van der Waals surface area contributed by atoms with Crippen molar-refractivity contribution in [1.29, 1.82) is 0 Å². The van der Waals surface area contributed by atoms with E-state index in [0.717, 1.165) is 13.1 Å². The van der Waals surface area contributed by atoms with E-state index in [1.54, 1.807) is 0 Å². The molecule has 4 aliphatic rings. The Labute approximate surface area is 158 Å². The molecule has 0 amide bonds. The van der Waals surface area contributed by atoms with Crippen molar-refractivity contribution in [2.75, 3.05) is 26.2 Å². The van der Waals surface area contributed by atoms with E-state index in [2.05, 4.69) is 48.9 Å². The third kappa shape index (κ3) is 2.37. The number of piperidine rings is 1. The second-order valence-electron chi connectivity index (χ2n) is 8.23. The van der Waals surface area contributed by atoms with Crippen LogP contribution in [0.4, 0.5) is 0 Å². The fourth-order valence-corrected chi connectivity index (χ4v) is 18.0. The van der Waals surface area contributed by atoms with Gasteiger partial charge in [-0.25, -0.2) is 0 Å². The highest BCUT2D eigenvalue weighted by molar-refractivity contribution is 8.14. The number of allylic oxidation sites excluding steroid dienone is 3. The topological polar surface area (TPSA) is 23.6 Å². The van der Waals surface area contributed by atoms with E-state index in [0.29, 0.717) is 17.2 Å². The van der Waals surface area contributed by atoms with Gasteiger partial charge in [-0.1, -0.05) is 49.3 Å². The highest BCUT2D eigenvalue weighted by atomic mass is 32.4. The van der Waals surface area contributed by atoms with E-state index >= 15 is 0 Å². The zero-order valence-corrected chi connectivity index (χ0v) is 18.6. The maximum Gasteiger partial charge on any atom is 0.176 e. The van der Waals surface area contributed by atoms with Crippen molar-refractivity contribution >= 4 is 25.3 Å². The van der Waals surface area contributed by atoms with Crippen LogP contribution in [0.5, 0.6) is 0 Å². The molecule has 6 heteroatoms. The molecule has 0 aromatic heterocycles. The van der Waals surface area contributed by atoms with Crippen LogP contribution in [0.25, 0.3) is 0 Å². The molecule has 140 valence electrons. The van der Waals surface area contributed by atoms with Crippen molar-refractivity contribution in [3.8, 4) is 0 Å². The number of rotatable bonds is 4. The minimum atomic E-state index is -2.48. The van der Waals surface area contributed by atoms with Crippen LogP contribution < -0.4 is 0 Å². The molecule has 0 aromatic carbocycles. The average molecular weight is 398 g/mol. The van der Waals surface area contributed by atoms with Crippen molar-refractivity contribution in [2.24, 2.45) is 5.92 Å². The summed E-state index contributed by atoms with van der Waals surface area (Å²) in [5.41, 5.74) is 3.98. The Morgan fingerprint density at radius 2 is 1.80 bits per heavy atom. The zero-order valence-electron chi connectivity index (χ0n) is 16.0. The highest BCUT2D eigenvalue weighted by Gasteiger charge is 2.67. The molecule has 4 rings (SSSR count). The normalized spacial score (nSPS) is 46.4. The molecule has 25 heavy (non-hydrogen) atoms.